The zero-order valence-corrected chi connectivity index (χ0v) is 15.4. The predicted molar refractivity (Wildman–Crippen MR) is 95.8 cm³/mol. The van der Waals surface area contributed by atoms with Gasteiger partial charge in [0.1, 0.15) is 11.3 Å². The number of rotatable bonds is 7. The number of Topliss-reactive ketones (excluding diaryl/α,β-unsaturated/α-hetero) is 1. The first kappa shape index (κ1) is 19.5. The molecule has 0 aliphatic heterocycles. The van der Waals surface area contributed by atoms with Gasteiger partial charge in [-0.25, -0.2) is 4.98 Å². The van der Waals surface area contributed by atoms with E-state index in [1.807, 2.05) is 0 Å². The van der Waals surface area contributed by atoms with Crippen LogP contribution in [-0.4, -0.2) is 36.8 Å². The van der Waals surface area contributed by atoms with E-state index >= 15 is 0 Å². The lowest BCUT2D eigenvalue weighted by Crippen LogP contribution is -2.24. The van der Waals surface area contributed by atoms with Crippen molar-refractivity contribution in [2.75, 3.05) is 5.75 Å². The number of ketones is 1. The SMILES string of the molecule is O=C(c1cnc2cccc(SCCCCn3c(O)csc3=O)n12)C(F)(F)F. The van der Waals surface area contributed by atoms with Gasteiger partial charge in [0.05, 0.1) is 16.6 Å². The first-order valence-corrected chi connectivity index (χ1v) is 9.73. The van der Waals surface area contributed by atoms with Crippen LogP contribution in [0.4, 0.5) is 13.2 Å². The number of unbranched alkanes of at least 4 members (excludes halogenated alkanes) is 1. The second kappa shape index (κ2) is 7.77. The highest BCUT2D eigenvalue weighted by Gasteiger charge is 2.41. The van der Waals surface area contributed by atoms with E-state index in [4.69, 9.17) is 0 Å². The van der Waals surface area contributed by atoms with Gasteiger partial charge in [0, 0.05) is 6.54 Å². The molecule has 0 fully saturated rings. The van der Waals surface area contributed by atoms with E-state index in [2.05, 4.69) is 4.98 Å². The Morgan fingerprint density at radius 1 is 1.30 bits per heavy atom. The minimum absolute atomic E-state index is 0.0730. The summed E-state index contributed by atoms with van der Waals surface area (Å²) in [6, 6.07) is 4.82. The van der Waals surface area contributed by atoms with E-state index in [0.29, 0.717) is 30.2 Å². The molecular formula is C16H14F3N3O3S2. The second-order valence-electron chi connectivity index (χ2n) is 5.59. The molecule has 0 atom stereocenters. The number of carbonyl (C=O) groups is 1. The van der Waals surface area contributed by atoms with Crippen molar-refractivity contribution in [2.45, 2.75) is 30.6 Å². The molecule has 3 aromatic heterocycles. The number of thioether (sulfide) groups is 1. The summed E-state index contributed by atoms with van der Waals surface area (Å²) in [5, 5.41) is 11.4. The molecule has 0 radical (unpaired) electrons. The quantitative estimate of drug-likeness (QED) is 0.361. The van der Waals surface area contributed by atoms with E-state index in [0.717, 1.165) is 17.5 Å². The van der Waals surface area contributed by atoms with Crippen LogP contribution < -0.4 is 4.87 Å². The number of nitrogens with zero attached hydrogens (tertiary/aromatic N) is 3. The number of alkyl halides is 3. The summed E-state index contributed by atoms with van der Waals surface area (Å²) in [6.45, 7) is 0.363. The van der Waals surface area contributed by atoms with Crippen LogP contribution in [0, 0.1) is 0 Å². The molecule has 0 unspecified atom stereocenters. The molecule has 3 heterocycles. The zero-order valence-electron chi connectivity index (χ0n) is 13.8. The summed E-state index contributed by atoms with van der Waals surface area (Å²) in [4.78, 5) is 26.8. The normalized spacial score (nSPS) is 12.0. The van der Waals surface area contributed by atoms with Gasteiger partial charge >= 0.3 is 11.0 Å². The molecule has 3 aromatic rings. The molecule has 0 aliphatic rings. The Hall–Kier alpha value is -2.27. The highest BCUT2D eigenvalue weighted by atomic mass is 32.2. The Bertz CT molecular complexity index is 1020. The molecule has 144 valence electrons. The third kappa shape index (κ3) is 4.19. The van der Waals surface area contributed by atoms with Crippen molar-refractivity contribution in [2.24, 2.45) is 0 Å². The number of aromatic nitrogens is 3. The summed E-state index contributed by atoms with van der Waals surface area (Å²) in [6.07, 6.45) is -2.75. The van der Waals surface area contributed by atoms with Crippen LogP contribution in [0.25, 0.3) is 5.65 Å². The van der Waals surface area contributed by atoms with Crippen LogP contribution >= 0.6 is 23.1 Å². The summed E-state index contributed by atoms with van der Waals surface area (Å²) < 4.78 is 40.8. The fourth-order valence-electron chi connectivity index (χ4n) is 2.50. The molecule has 0 spiro atoms. The van der Waals surface area contributed by atoms with Crippen LogP contribution in [0.2, 0.25) is 0 Å². The molecule has 0 saturated carbocycles. The van der Waals surface area contributed by atoms with Gasteiger partial charge < -0.3 is 5.11 Å². The Balaban J connectivity index is 1.67. The van der Waals surface area contributed by atoms with E-state index in [9.17, 15) is 27.9 Å². The van der Waals surface area contributed by atoms with Crippen molar-refractivity contribution in [3.63, 3.8) is 0 Å². The van der Waals surface area contributed by atoms with Gasteiger partial charge in [0.25, 0.3) is 5.78 Å². The van der Waals surface area contributed by atoms with E-state index in [1.165, 1.54) is 32.2 Å². The molecule has 27 heavy (non-hydrogen) atoms. The zero-order chi connectivity index (χ0) is 19.6. The third-order valence-corrected chi connectivity index (χ3v) is 5.63. The number of hydrogen-bond acceptors (Lipinski definition) is 6. The maximum atomic E-state index is 12.8. The molecular weight excluding hydrogens is 403 g/mol. The van der Waals surface area contributed by atoms with Crippen molar-refractivity contribution in [1.29, 1.82) is 0 Å². The first-order valence-electron chi connectivity index (χ1n) is 7.87. The number of carbonyl (C=O) groups excluding carboxylic acids is 1. The van der Waals surface area contributed by atoms with Gasteiger partial charge in [-0.2, -0.15) is 13.2 Å². The average Bonchev–Trinajstić information content (AvgIpc) is 3.18. The van der Waals surface area contributed by atoms with Crippen LogP contribution in [0.5, 0.6) is 5.88 Å². The Morgan fingerprint density at radius 3 is 2.74 bits per heavy atom. The summed E-state index contributed by atoms with van der Waals surface area (Å²) in [7, 11) is 0. The van der Waals surface area contributed by atoms with Crippen molar-refractivity contribution < 1.29 is 23.1 Å². The predicted octanol–water partition coefficient (Wildman–Crippen LogP) is 3.58. The van der Waals surface area contributed by atoms with E-state index in [-0.39, 0.29) is 16.4 Å². The summed E-state index contributed by atoms with van der Waals surface area (Å²) >= 11 is 2.22. The minimum atomic E-state index is -4.97. The Morgan fingerprint density at radius 2 is 2.07 bits per heavy atom. The smallest absolute Gasteiger partial charge is 0.456 e. The lowest BCUT2D eigenvalue weighted by Gasteiger charge is -2.09. The highest BCUT2D eigenvalue weighted by molar-refractivity contribution is 7.99. The molecule has 3 rings (SSSR count). The second-order valence-corrected chi connectivity index (χ2v) is 7.53. The van der Waals surface area contributed by atoms with Crippen LogP contribution in [0.3, 0.4) is 0 Å². The lowest BCUT2D eigenvalue weighted by atomic mass is 10.3. The monoisotopic (exact) mass is 417 g/mol. The van der Waals surface area contributed by atoms with Crippen LogP contribution in [-0.2, 0) is 6.54 Å². The van der Waals surface area contributed by atoms with Gasteiger partial charge in [-0.3, -0.25) is 18.6 Å². The standard InChI is InChI=1S/C16H14F3N3O3S2/c17-16(18,19)14(24)10-8-20-11-4-3-5-13(22(10)11)26-7-2-1-6-21-12(23)9-27-15(21)25/h3-5,8-9,23H,1-2,6-7H2. The molecule has 6 nitrogen and oxygen atoms in total. The topological polar surface area (TPSA) is 76.6 Å². The molecule has 11 heteroatoms. The maximum Gasteiger partial charge on any atom is 0.456 e. The number of thiazole rings is 1. The van der Waals surface area contributed by atoms with Crippen molar-refractivity contribution in [1.82, 2.24) is 14.0 Å². The van der Waals surface area contributed by atoms with Gasteiger partial charge in [0.15, 0.2) is 0 Å². The summed E-state index contributed by atoms with van der Waals surface area (Å²) in [5.41, 5.74) is -0.252. The molecule has 0 saturated heterocycles. The van der Waals surface area contributed by atoms with E-state index < -0.39 is 17.7 Å². The van der Waals surface area contributed by atoms with Gasteiger partial charge in [-0.05, 0) is 30.7 Å². The fraction of sp³-hybridized carbons (Fsp3) is 0.312. The largest absolute Gasteiger partial charge is 0.494 e. The number of hydrogen-bond donors (Lipinski definition) is 1. The average molecular weight is 417 g/mol. The molecule has 0 aliphatic carbocycles. The Kier molecular flexibility index (Phi) is 5.61. The van der Waals surface area contributed by atoms with Crippen molar-refractivity contribution in [3.05, 3.63) is 45.1 Å². The van der Waals surface area contributed by atoms with Gasteiger partial charge in [-0.15, -0.1) is 11.8 Å². The fourth-order valence-corrected chi connectivity index (χ4v) is 4.20. The highest BCUT2D eigenvalue weighted by Crippen LogP contribution is 2.27. The number of aromatic hydroxyl groups is 1. The summed E-state index contributed by atoms with van der Waals surface area (Å²) in [5.74, 6) is -1.44. The van der Waals surface area contributed by atoms with Gasteiger partial charge in [0.2, 0.25) is 5.88 Å². The molecule has 0 bridgehead atoms. The Labute approximate surface area is 159 Å². The minimum Gasteiger partial charge on any atom is -0.494 e. The number of halogens is 3. The lowest BCUT2D eigenvalue weighted by molar-refractivity contribution is -0.0889. The third-order valence-electron chi connectivity index (χ3n) is 3.77. The van der Waals surface area contributed by atoms with E-state index in [1.54, 1.807) is 12.1 Å². The molecule has 1 N–H and O–H groups in total. The number of fused-ring (bicyclic) bond motifs is 1. The van der Waals surface area contributed by atoms with Gasteiger partial charge in [-0.1, -0.05) is 17.4 Å². The molecule has 0 aromatic carbocycles. The maximum absolute atomic E-state index is 12.8. The van der Waals surface area contributed by atoms with Crippen LogP contribution in [0.1, 0.15) is 23.3 Å². The van der Waals surface area contributed by atoms with Crippen LogP contribution in [0.15, 0.2) is 39.6 Å². The first-order chi connectivity index (χ1) is 12.8. The molecule has 0 amide bonds. The number of pyridine rings is 1. The van der Waals surface area contributed by atoms with Crippen molar-refractivity contribution >= 4 is 34.5 Å². The van der Waals surface area contributed by atoms with Crippen molar-refractivity contribution in [3.8, 4) is 5.88 Å². The number of imidazole rings is 1.